The van der Waals surface area contributed by atoms with Crippen molar-refractivity contribution in [1.82, 2.24) is 0 Å². The Morgan fingerprint density at radius 2 is 1.95 bits per heavy atom. The summed E-state index contributed by atoms with van der Waals surface area (Å²) in [7, 11) is 0. The molecule has 2 aromatic carbocycles. The first-order valence-corrected chi connectivity index (χ1v) is 7.12. The van der Waals surface area contributed by atoms with E-state index in [1.54, 1.807) is 12.1 Å². The van der Waals surface area contributed by atoms with E-state index in [0.717, 1.165) is 14.5 Å². The van der Waals surface area contributed by atoms with Crippen molar-refractivity contribution in [3.8, 4) is 5.75 Å². The summed E-state index contributed by atoms with van der Waals surface area (Å²) >= 11 is 6.69. The molecule has 0 atom stereocenters. The van der Waals surface area contributed by atoms with Gasteiger partial charge in [-0.2, -0.15) is 0 Å². The number of carbonyl (C=O) groups is 1. The van der Waals surface area contributed by atoms with E-state index in [-0.39, 0.29) is 17.2 Å². The highest BCUT2D eigenvalue weighted by atomic mass is 79.9. The normalized spacial score (nSPS) is 10.3. The van der Waals surface area contributed by atoms with Crippen LogP contribution in [0.5, 0.6) is 5.75 Å². The Morgan fingerprint density at radius 3 is 2.68 bits per heavy atom. The number of nitrogens with one attached hydrogen (secondary N) is 1. The minimum atomic E-state index is -0.347. The van der Waals surface area contributed by atoms with Gasteiger partial charge in [0.15, 0.2) is 0 Å². The van der Waals surface area contributed by atoms with Gasteiger partial charge in [-0.15, -0.1) is 0 Å². The Labute approximate surface area is 127 Å². The van der Waals surface area contributed by atoms with Crippen LogP contribution < -0.4 is 5.32 Å². The fourth-order valence-electron chi connectivity index (χ4n) is 1.62. The summed E-state index contributed by atoms with van der Waals surface area (Å²) in [4.78, 5) is 12.1. The maximum absolute atomic E-state index is 12.1. The van der Waals surface area contributed by atoms with E-state index in [1.807, 2.05) is 25.1 Å². The number of rotatable bonds is 2. The Kier molecular flexibility index (Phi) is 4.27. The van der Waals surface area contributed by atoms with Gasteiger partial charge in [-0.05, 0) is 42.8 Å². The predicted octanol–water partition coefficient (Wildman–Crippen LogP) is 4.48. The molecule has 3 nitrogen and oxygen atoms in total. The van der Waals surface area contributed by atoms with Gasteiger partial charge in [0.25, 0.3) is 5.91 Å². The number of benzene rings is 2. The summed E-state index contributed by atoms with van der Waals surface area (Å²) in [6, 6.07) is 10.3. The molecule has 0 aromatic heterocycles. The SMILES string of the molecule is Cc1c(Br)cccc1NC(=O)c1cc(Br)ccc1O. The van der Waals surface area contributed by atoms with Crippen molar-refractivity contribution in [2.24, 2.45) is 0 Å². The van der Waals surface area contributed by atoms with Crippen LogP contribution in [0.3, 0.4) is 0 Å². The average molecular weight is 385 g/mol. The molecule has 0 bridgehead atoms. The van der Waals surface area contributed by atoms with Crippen molar-refractivity contribution < 1.29 is 9.90 Å². The van der Waals surface area contributed by atoms with Gasteiger partial charge >= 0.3 is 0 Å². The Hall–Kier alpha value is -1.33. The van der Waals surface area contributed by atoms with Gasteiger partial charge < -0.3 is 10.4 Å². The summed E-state index contributed by atoms with van der Waals surface area (Å²) in [5.41, 5.74) is 1.87. The smallest absolute Gasteiger partial charge is 0.259 e. The molecule has 0 saturated carbocycles. The first-order valence-electron chi connectivity index (χ1n) is 5.54. The lowest BCUT2D eigenvalue weighted by Crippen LogP contribution is -2.13. The van der Waals surface area contributed by atoms with Gasteiger partial charge in [-0.3, -0.25) is 4.79 Å². The summed E-state index contributed by atoms with van der Waals surface area (Å²) in [6.07, 6.45) is 0. The molecule has 5 heteroatoms. The van der Waals surface area contributed by atoms with E-state index in [2.05, 4.69) is 37.2 Å². The first-order chi connectivity index (χ1) is 8.99. The van der Waals surface area contributed by atoms with Gasteiger partial charge in [-0.1, -0.05) is 37.9 Å². The number of halogens is 2. The van der Waals surface area contributed by atoms with Crippen LogP contribution in [-0.2, 0) is 0 Å². The van der Waals surface area contributed by atoms with Gasteiger partial charge in [0.2, 0.25) is 0 Å². The predicted molar refractivity (Wildman–Crippen MR) is 82.6 cm³/mol. The Morgan fingerprint density at radius 1 is 1.21 bits per heavy atom. The van der Waals surface area contributed by atoms with Crippen LogP contribution in [0, 0.1) is 6.92 Å². The highest BCUT2D eigenvalue weighted by Crippen LogP contribution is 2.26. The Balaban J connectivity index is 2.31. The molecule has 0 unspecified atom stereocenters. The van der Waals surface area contributed by atoms with Crippen molar-refractivity contribution in [3.05, 3.63) is 56.5 Å². The van der Waals surface area contributed by atoms with Crippen molar-refractivity contribution in [2.75, 3.05) is 5.32 Å². The third-order valence-corrected chi connectivity index (χ3v) is 4.07. The van der Waals surface area contributed by atoms with Gasteiger partial charge in [0.05, 0.1) is 5.56 Å². The monoisotopic (exact) mass is 383 g/mol. The van der Waals surface area contributed by atoms with E-state index in [1.165, 1.54) is 6.07 Å². The van der Waals surface area contributed by atoms with E-state index >= 15 is 0 Å². The number of carbonyl (C=O) groups excluding carboxylic acids is 1. The maximum Gasteiger partial charge on any atom is 0.259 e. The zero-order valence-corrected chi connectivity index (χ0v) is 13.2. The molecule has 0 aliphatic rings. The number of hydrogen-bond donors (Lipinski definition) is 2. The number of anilines is 1. The molecule has 0 spiro atoms. The van der Waals surface area contributed by atoms with Crippen LogP contribution in [0.1, 0.15) is 15.9 Å². The van der Waals surface area contributed by atoms with Gasteiger partial charge in [0, 0.05) is 14.6 Å². The second-order valence-electron chi connectivity index (χ2n) is 4.03. The van der Waals surface area contributed by atoms with Gasteiger partial charge in [0.1, 0.15) is 5.75 Å². The zero-order chi connectivity index (χ0) is 14.0. The number of phenols is 1. The molecular formula is C14H11Br2NO2. The molecule has 0 saturated heterocycles. The van der Waals surface area contributed by atoms with E-state index in [0.29, 0.717) is 5.69 Å². The van der Waals surface area contributed by atoms with E-state index < -0.39 is 0 Å². The molecule has 0 heterocycles. The maximum atomic E-state index is 12.1. The van der Waals surface area contributed by atoms with E-state index in [4.69, 9.17) is 0 Å². The average Bonchev–Trinajstić information content (AvgIpc) is 2.38. The van der Waals surface area contributed by atoms with Crippen LogP contribution in [0.2, 0.25) is 0 Å². The number of phenolic OH excluding ortho intramolecular Hbond substituents is 1. The molecule has 0 radical (unpaired) electrons. The number of aromatic hydroxyl groups is 1. The van der Waals surface area contributed by atoms with Crippen LogP contribution in [0.15, 0.2) is 45.3 Å². The molecule has 98 valence electrons. The molecule has 19 heavy (non-hydrogen) atoms. The molecular weight excluding hydrogens is 374 g/mol. The first kappa shape index (κ1) is 14.1. The molecule has 0 fully saturated rings. The Bertz CT molecular complexity index is 641. The summed E-state index contributed by atoms with van der Waals surface area (Å²) in [5, 5.41) is 12.5. The topological polar surface area (TPSA) is 49.3 Å². The largest absolute Gasteiger partial charge is 0.507 e. The lowest BCUT2D eigenvalue weighted by atomic mass is 10.1. The van der Waals surface area contributed by atoms with Crippen molar-refractivity contribution in [3.63, 3.8) is 0 Å². The lowest BCUT2D eigenvalue weighted by Gasteiger charge is -2.10. The van der Waals surface area contributed by atoms with Crippen LogP contribution in [0.4, 0.5) is 5.69 Å². The molecule has 1 amide bonds. The van der Waals surface area contributed by atoms with Crippen molar-refractivity contribution >= 4 is 43.5 Å². The summed E-state index contributed by atoms with van der Waals surface area (Å²) < 4.78 is 1.66. The second-order valence-corrected chi connectivity index (χ2v) is 5.80. The van der Waals surface area contributed by atoms with Crippen LogP contribution in [0.25, 0.3) is 0 Å². The van der Waals surface area contributed by atoms with Crippen LogP contribution in [-0.4, -0.2) is 11.0 Å². The van der Waals surface area contributed by atoms with Gasteiger partial charge in [-0.25, -0.2) is 0 Å². The van der Waals surface area contributed by atoms with E-state index in [9.17, 15) is 9.90 Å². The van der Waals surface area contributed by atoms with Crippen molar-refractivity contribution in [2.45, 2.75) is 6.92 Å². The lowest BCUT2D eigenvalue weighted by molar-refractivity contribution is 0.102. The quantitative estimate of drug-likeness (QED) is 0.801. The summed E-state index contributed by atoms with van der Waals surface area (Å²) in [6.45, 7) is 1.90. The van der Waals surface area contributed by atoms with Crippen molar-refractivity contribution in [1.29, 1.82) is 0 Å². The third-order valence-electron chi connectivity index (χ3n) is 2.72. The highest BCUT2D eigenvalue weighted by molar-refractivity contribution is 9.10. The minimum absolute atomic E-state index is 0.0478. The molecule has 0 aliphatic carbocycles. The zero-order valence-electron chi connectivity index (χ0n) is 10.1. The molecule has 2 N–H and O–H groups in total. The molecule has 2 rings (SSSR count). The third kappa shape index (κ3) is 3.16. The number of hydrogen-bond acceptors (Lipinski definition) is 2. The fourth-order valence-corrected chi connectivity index (χ4v) is 2.35. The summed E-state index contributed by atoms with van der Waals surface area (Å²) in [5.74, 6) is -0.395. The minimum Gasteiger partial charge on any atom is -0.507 e. The number of amides is 1. The van der Waals surface area contributed by atoms with Crippen LogP contribution >= 0.6 is 31.9 Å². The highest BCUT2D eigenvalue weighted by Gasteiger charge is 2.13. The standard InChI is InChI=1S/C14H11Br2NO2/c1-8-11(16)3-2-4-12(8)17-14(19)10-7-9(15)5-6-13(10)18/h2-7,18H,1H3,(H,17,19). The fraction of sp³-hybridized carbons (Fsp3) is 0.0714. The second kappa shape index (κ2) is 5.75. The molecule has 2 aromatic rings. The molecule has 0 aliphatic heterocycles.